The number of ketones is 1. The number of allylic oxidation sites excluding steroid dienone is 6. The molecule has 0 fully saturated rings. The van der Waals surface area contributed by atoms with Crippen LogP contribution in [0.15, 0.2) is 96.3 Å². The monoisotopic (exact) mass is 468 g/mol. The maximum atomic E-state index is 11.7. The summed E-state index contributed by atoms with van der Waals surface area (Å²) in [5.74, 6) is -0.259. The molecule has 0 unspecified atom stereocenters. The van der Waals surface area contributed by atoms with Crippen LogP contribution in [0.1, 0.15) is 16.8 Å². The van der Waals surface area contributed by atoms with Crippen LogP contribution in [0.2, 0.25) is 0 Å². The van der Waals surface area contributed by atoms with E-state index >= 15 is 0 Å². The molecule has 2 aromatic rings. The number of Topliss-reactive ketones (excluding diaryl/α,β-unsaturated/α-hetero) is 1. The molecule has 1 aliphatic carbocycles. The zero-order chi connectivity index (χ0) is 14.9. The van der Waals surface area contributed by atoms with Crippen molar-refractivity contribution in [2.24, 2.45) is 0 Å². The molecule has 3 rings (SSSR count). The Morgan fingerprint density at radius 3 is 2.05 bits per heavy atom. The van der Waals surface area contributed by atoms with Gasteiger partial charge in [0.05, 0.1) is 0 Å². The third-order valence-corrected chi connectivity index (χ3v) is 2.96. The molecule has 112 valence electrons. The molecule has 0 bridgehead atoms. The van der Waals surface area contributed by atoms with Gasteiger partial charge >= 0.3 is 19.8 Å². The number of hydrogen-bond donors (Lipinski definition) is 0. The van der Waals surface area contributed by atoms with Crippen LogP contribution in [0, 0.1) is 0 Å². The van der Waals surface area contributed by atoms with Gasteiger partial charge in [0.15, 0.2) is 5.78 Å². The first-order chi connectivity index (χ1) is 10.3. The quantitative estimate of drug-likeness (QED) is 0.395. The Morgan fingerprint density at radius 2 is 1.55 bits per heavy atom. The van der Waals surface area contributed by atoms with E-state index in [9.17, 15) is 9.90 Å². The Morgan fingerprint density at radius 1 is 0.955 bits per heavy atom. The zero-order valence-corrected chi connectivity index (χ0v) is 14.5. The van der Waals surface area contributed by atoms with E-state index in [2.05, 4.69) is 0 Å². The molecule has 0 N–H and O–H groups in total. The summed E-state index contributed by atoms with van der Waals surface area (Å²) in [4.78, 5) is 11.7. The second-order valence-electron chi connectivity index (χ2n) is 4.52. The first-order valence-corrected chi connectivity index (χ1v) is 6.77. The van der Waals surface area contributed by atoms with Gasteiger partial charge in [0.25, 0.3) is 0 Å². The molecule has 0 heterocycles. The number of rotatable bonds is 3. The minimum atomic E-state index is -0.133. The van der Waals surface area contributed by atoms with E-state index in [0.717, 1.165) is 0 Å². The number of carbonyl (C=O) groups excluding carboxylic acids is 1. The first kappa shape index (κ1) is 17.9. The molecule has 0 saturated carbocycles. The second kappa shape index (κ2) is 9.76. The van der Waals surface area contributed by atoms with Gasteiger partial charge in [-0.25, -0.2) is 12.1 Å². The molecule has 0 amide bonds. The Hall–Kier alpha value is -2.10. The maximum absolute atomic E-state index is 11.7. The van der Waals surface area contributed by atoms with Gasteiger partial charge in [-0.2, -0.15) is 18.2 Å². The van der Waals surface area contributed by atoms with Gasteiger partial charge < -0.3 is 5.11 Å². The molecule has 0 aromatic heterocycles. The predicted octanol–water partition coefficient (Wildman–Crippen LogP) is 3.40. The van der Waals surface area contributed by atoms with E-state index in [1.54, 1.807) is 48.6 Å². The Kier molecular flexibility index (Phi) is 7.97. The fraction of sp³-hybridized carbons (Fsp3) is 0.0526. The molecular formula is C19H16O2Os. The van der Waals surface area contributed by atoms with Crippen molar-refractivity contribution in [1.29, 1.82) is 0 Å². The molecule has 0 atom stereocenters. The minimum Gasteiger partial charge on any atom is -0.875 e. The fourth-order valence-corrected chi connectivity index (χ4v) is 1.85. The molecule has 0 aliphatic heterocycles. The summed E-state index contributed by atoms with van der Waals surface area (Å²) in [6.45, 7) is 0. The number of hydrogen-bond acceptors (Lipinski definition) is 2. The van der Waals surface area contributed by atoms with Crippen LogP contribution in [0.25, 0.3) is 0 Å². The van der Waals surface area contributed by atoms with Gasteiger partial charge in [0, 0.05) is 12.0 Å². The van der Waals surface area contributed by atoms with Gasteiger partial charge in [-0.1, -0.05) is 54.6 Å². The summed E-state index contributed by atoms with van der Waals surface area (Å²) in [6, 6.07) is 18.9. The van der Waals surface area contributed by atoms with E-state index in [1.807, 2.05) is 36.4 Å². The molecule has 2 nitrogen and oxygen atoms in total. The minimum absolute atomic E-state index is 0. The maximum Gasteiger partial charge on any atom is 2.00 e. The van der Waals surface area contributed by atoms with E-state index < -0.39 is 0 Å². The average Bonchev–Trinajstić information content (AvgIpc) is 3.23. The normalized spacial score (nSPS) is 11.4. The van der Waals surface area contributed by atoms with Gasteiger partial charge in [-0.3, -0.25) is 4.79 Å². The largest absolute Gasteiger partial charge is 2.00 e. The van der Waals surface area contributed by atoms with Crippen molar-refractivity contribution >= 4 is 5.78 Å². The fourth-order valence-electron chi connectivity index (χ4n) is 1.85. The topological polar surface area (TPSA) is 40.1 Å². The summed E-state index contributed by atoms with van der Waals surface area (Å²) in [6.07, 6.45) is 6.97. The Balaban J connectivity index is 0.000000344. The standard InChI is InChI=1S/C14H12O2.C5H5.Os/c15-13(11-6-2-1-3-7-11)10-14(16)12-8-4-5-9-12;1-2-4-5-3-1;/h1-9,16H,10H2;1-5H;/q;-1;+2/p-1. The van der Waals surface area contributed by atoms with Crippen molar-refractivity contribution in [2.75, 3.05) is 0 Å². The van der Waals surface area contributed by atoms with E-state index in [4.69, 9.17) is 0 Å². The van der Waals surface area contributed by atoms with Crippen LogP contribution >= 0.6 is 0 Å². The SMILES string of the molecule is O=C(CC([O-])=C1C=CC=C1)c1ccccc1.[Os+2].c1cc[cH-]c1. The molecular weight excluding hydrogens is 450 g/mol. The van der Waals surface area contributed by atoms with Crippen molar-refractivity contribution in [3.05, 3.63) is 102 Å². The molecule has 0 radical (unpaired) electrons. The van der Waals surface area contributed by atoms with E-state index in [1.165, 1.54) is 0 Å². The van der Waals surface area contributed by atoms with Crippen LogP contribution in [0.5, 0.6) is 0 Å². The van der Waals surface area contributed by atoms with Gasteiger partial charge in [-0.15, -0.1) is 5.76 Å². The summed E-state index contributed by atoms with van der Waals surface area (Å²) in [5.41, 5.74) is 1.19. The molecule has 2 aromatic carbocycles. The van der Waals surface area contributed by atoms with Crippen LogP contribution < -0.4 is 5.11 Å². The van der Waals surface area contributed by atoms with E-state index in [0.29, 0.717) is 11.1 Å². The van der Waals surface area contributed by atoms with Crippen molar-refractivity contribution in [3.8, 4) is 0 Å². The van der Waals surface area contributed by atoms with Crippen molar-refractivity contribution in [3.63, 3.8) is 0 Å². The van der Waals surface area contributed by atoms with Crippen LogP contribution in [0.3, 0.4) is 0 Å². The van der Waals surface area contributed by atoms with Crippen molar-refractivity contribution in [2.45, 2.75) is 6.42 Å². The zero-order valence-electron chi connectivity index (χ0n) is 12.0. The second-order valence-corrected chi connectivity index (χ2v) is 4.52. The first-order valence-electron chi connectivity index (χ1n) is 6.77. The van der Waals surface area contributed by atoms with Crippen LogP contribution in [-0.4, -0.2) is 5.78 Å². The smallest absolute Gasteiger partial charge is 0.875 e. The predicted molar refractivity (Wildman–Crippen MR) is 82.7 cm³/mol. The Bertz CT molecular complexity index is 619. The summed E-state index contributed by atoms with van der Waals surface area (Å²) in [5, 5.41) is 11.7. The number of carbonyl (C=O) groups is 1. The average molecular weight is 467 g/mol. The molecule has 22 heavy (non-hydrogen) atoms. The number of benzene rings is 1. The molecule has 1 aliphatic rings. The third-order valence-electron chi connectivity index (χ3n) is 2.96. The van der Waals surface area contributed by atoms with Gasteiger partial charge in [0.2, 0.25) is 0 Å². The summed E-state index contributed by atoms with van der Waals surface area (Å²) >= 11 is 0. The van der Waals surface area contributed by atoms with Crippen LogP contribution in [0.4, 0.5) is 0 Å². The van der Waals surface area contributed by atoms with Crippen molar-refractivity contribution < 1.29 is 29.7 Å². The van der Waals surface area contributed by atoms with Crippen molar-refractivity contribution in [1.82, 2.24) is 0 Å². The Labute approximate surface area is 143 Å². The van der Waals surface area contributed by atoms with Gasteiger partial charge in [-0.05, 0) is 5.57 Å². The van der Waals surface area contributed by atoms with Crippen LogP contribution in [-0.2, 0) is 19.8 Å². The van der Waals surface area contributed by atoms with E-state index in [-0.39, 0.29) is 37.8 Å². The summed E-state index contributed by atoms with van der Waals surface area (Å²) in [7, 11) is 0. The third kappa shape index (κ3) is 5.72. The molecule has 0 saturated heterocycles. The summed E-state index contributed by atoms with van der Waals surface area (Å²) < 4.78 is 0. The molecule has 3 heteroatoms. The van der Waals surface area contributed by atoms with Gasteiger partial charge in [0.1, 0.15) is 0 Å². The molecule has 0 spiro atoms.